The first-order valence-corrected chi connectivity index (χ1v) is 9.72. The molecule has 0 heterocycles. The quantitative estimate of drug-likeness (QED) is 0.426. The lowest BCUT2D eigenvalue weighted by atomic mass is 9.75. The highest BCUT2D eigenvalue weighted by atomic mass is 16.6. The maximum absolute atomic E-state index is 12.4. The summed E-state index contributed by atoms with van der Waals surface area (Å²) in [5.41, 5.74) is 1.98. The van der Waals surface area contributed by atoms with E-state index in [1.54, 1.807) is 0 Å². The highest BCUT2D eigenvalue weighted by Gasteiger charge is 2.42. The van der Waals surface area contributed by atoms with Crippen molar-refractivity contribution in [2.75, 3.05) is 6.61 Å². The van der Waals surface area contributed by atoms with Crippen molar-refractivity contribution in [1.29, 1.82) is 0 Å². The molecule has 7 nitrogen and oxygen atoms in total. The zero-order valence-electron chi connectivity index (χ0n) is 18.8. The third-order valence-electron chi connectivity index (χ3n) is 4.81. The Balaban J connectivity index is 3.46. The molecule has 0 bridgehead atoms. The molecule has 168 valence electrons. The largest absolute Gasteiger partial charge is 0.465 e. The predicted molar refractivity (Wildman–Crippen MR) is 120 cm³/mol. The van der Waals surface area contributed by atoms with E-state index in [1.165, 1.54) is 13.8 Å². The van der Waals surface area contributed by atoms with Gasteiger partial charge in [0.1, 0.15) is 18.8 Å². The van der Waals surface area contributed by atoms with Gasteiger partial charge in [-0.1, -0.05) is 63.4 Å². The zero-order chi connectivity index (χ0) is 23.9. The molecular formula is C24H31NO6. The van der Waals surface area contributed by atoms with Gasteiger partial charge < -0.3 is 19.9 Å². The fraction of sp³-hybridized carbons (Fsp3) is 0.375. The van der Waals surface area contributed by atoms with Crippen molar-refractivity contribution in [3.8, 4) is 0 Å². The van der Waals surface area contributed by atoms with Crippen LogP contribution in [0.25, 0.3) is 5.57 Å². The molecule has 0 fully saturated rings. The number of amides is 1. The van der Waals surface area contributed by atoms with Gasteiger partial charge in [0.15, 0.2) is 0 Å². The van der Waals surface area contributed by atoms with Gasteiger partial charge in [-0.15, -0.1) is 0 Å². The van der Waals surface area contributed by atoms with Crippen LogP contribution >= 0.6 is 0 Å². The number of hydrogen-bond donors (Lipinski definition) is 2. The number of carboxylic acid groups (broad SMARTS) is 1. The van der Waals surface area contributed by atoms with Crippen LogP contribution in [-0.4, -0.2) is 41.9 Å². The van der Waals surface area contributed by atoms with Crippen molar-refractivity contribution < 1.29 is 29.0 Å². The second-order valence-electron chi connectivity index (χ2n) is 8.12. The van der Waals surface area contributed by atoms with Crippen LogP contribution < -0.4 is 5.32 Å². The number of ether oxygens (including phenoxy) is 2. The van der Waals surface area contributed by atoms with Crippen LogP contribution in [0, 0.1) is 0 Å². The third kappa shape index (κ3) is 7.13. The lowest BCUT2D eigenvalue weighted by molar-refractivity contribution is -0.152. The molecule has 0 aliphatic heterocycles. The molecule has 7 heteroatoms. The first-order valence-electron chi connectivity index (χ1n) is 9.72. The number of allylic oxidation sites excluding steroid dienone is 1. The summed E-state index contributed by atoms with van der Waals surface area (Å²) < 4.78 is 10.9. The lowest BCUT2D eigenvalue weighted by Gasteiger charge is -2.39. The Morgan fingerprint density at radius 3 is 2.13 bits per heavy atom. The van der Waals surface area contributed by atoms with E-state index in [9.17, 15) is 19.5 Å². The number of nitrogens with one attached hydrogen (secondary N) is 1. The van der Waals surface area contributed by atoms with E-state index in [-0.39, 0.29) is 17.8 Å². The van der Waals surface area contributed by atoms with E-state index in [2.05, 4.69) is 25.1 Å². The maximum atomic E-state index is 12.4. The Morgan fingerprint density at radius 1 is 1.06 bits per heavy atom. The second kappa shape index (κ2) is 10.6. The molecule has 0 aliphatic carbocycles. The van der Waals surface area contributed by atoms with Crippen LogP contribution in [0.5, 0.6) is 0 Å². The summed E-state index contributed by atoms with van der Waals surface area (Å²) in [5, 5.41) is 11.7. The molecule has 1 rings (SSSR count). The summed E-state index contributed by atoms with van der Waals surface area (Å²) in [6.45, 7) is 19.2. The number of esters is 2. The summed E-state index contributed by atoms with van der Waals surface area (Å²) in [6.07, 6.45) is -2.37. The molecule has 0 aromatic heterocycles. The van der Waals surface area contributed by atoms with Gasteiger partial charge in [-0.25, -0.2) is 14.4 Å². The van der Waals surface area contributed by atoms with Gasteiger partial charge in [-0.2, -0.15) is 0 Å². The molecule has 1 aromatic rings. The fourth-order valence-corrected chi connectivity index (χ4v) is 2.95. The van der Waals surface area contributed by atoms with Gasteiger partial charge in [0.05, 0.1) is 0 Å². The first kappa shape index (κ1) is 25.7. The van der Waals surface area contributed by atoms with E-state index in [0.717, 1.165) is 16.7 Å². The predicted octanol–water partition coefficient (Wildman–Crippen LogP) is 4.24. The molecule has 0 radical (unpaired) electrons. The smallest absolute Gasteiger partial charge is 0.405 e. The van der Waals surface area contributed by atoms with Crippen LogP contribution in [-0.2, 0) is 24.5 Å². The molecule has 2 atom stereocenters. The van der Waals surface area contributed by atoms with E-state index >= 15 is 0 Å². The van der Waals surface area contributed by atoms with E-state index in [4.69, 9.17) is 9.47 Å². The molecule has 1 amide bonds. The highest BCUT2D eigenvalue weighted by molar-refractivity contribution is 5.87. The van der Waals surface area contributed by atoms with Crippen LogP contribution in [0.3, 0.4) is 0 Å². The van der Waals surface area contributed by atoms with Crippen molar-refractivity contribution in [1.82, 2.24) is 5.32 Å². The van der Waals surface area contributed by atoms with Gasteiger partial charge in [0, 0.05) is 16.6 Å². The number of rotatable bonds is 10. The number of benzene rings is 1. The van der Waals surface area contributed by atoms with Gasteiger partial charge >= 0.3 is 18.0 Å². The molecule has 31 heavy (non-hydrogen) atoms. The minimum Gasteiger partial charge on any atom is -0.465 e. The van der Waals surface area contributed by atoms with Crippen molar-refractivity contribution in [2.45, 2.75) is 52.2 Å². The van der Waals surface area contributed by atoms with E-state index in [1.807, 2.05) is 45.0 Å². The molecule has 2 unspecified atom stereocenters. The zero-order valence-corrected chi connectivity index (χ0v) is 18.8. The van der Waals surface area contributed by atoms with Crippen molar-refractivity contribution in [3.63, 3.8) is 0 Å². The van der Waals surface area contributed by atoms with Gasteiger partial charge in [0.2, 0.25) is 0 Å². The second-order valence-corrected chi connectivity index (χ2v) is 8.12. The molecule has 0 aliphatic rings. The molecule has 0 spiro atoms. The topological polar surface area (TPSA) is 102 Å². The molecule has 1 aromatic carbocycles. The SMILES string of the molecule is C=C(C)C(=O)OCC(NC(=O)O)C(OC(=O)C(=C)C)C(C)(C)c1cccc(C(=C)C)c1. The average Bonchev–Trinajstić information content (AvgIpc) is 2.68. The standard InChI is InChI=1S/C24H31NO6/c1-14(2)17-10-9-11-18(12-17)24(7,8)20(31-22(27)16(5)6)19(25-23(28)29)13-30-21(26)15(3)4/h9-12,19-20,25H,1,3,5,13H2,2,4,6-8H3,(H,28,29). The number of hydrogen-bond acceptors (Lipinski definition) is 5. The summed E-state index contributed by atoms with van der Waals surface area (Å²) >= 11 is 0. The highest BCUT2D eigenvalue weighted by Crippen LogP contribution is 2.33. The number of carbonyl (C=O) groups is 3. The van der Waals surface area contributed by atoms with Crippen molar-refractivity contribution >= 4 is 23.6 Å². The van der Waals surface area contributed by atoms with E-state index in [0.29, 0.717) is 0 Å². The number of carbonyl (C=O) groups excluding carboxylic acids is 2. The van der Waals surface area contributed by atoms with Gasteiger partial charge in [-0.3, -0.25) is 0 Å². The average molecular weight is 430 g/mol. The third-order valence-corrected chi connectivity index (χ3v) is 4.81. The summed E-state index contributed by atoms with van der Waals surface area (Å²) in [6, 6.07) is 6.46. The van der Waals surface area contributed by atoms with Crippen molar-refractivity contribution in [3.05, 3.63) is 66.3 Å². The maximum Gasteiger partial charge on any atom is 0.405 e. The molecule has 0 saturated heterocycles. The Bertz CT molecular complexity index is 899. The normalized spacial score (nSPS) is 12.8. The minimum absolute atomic E-state index is 0.157. The monoisotopic (exact) mass is 429 g/mol. The first-order chi connectivity index (χ1) is 14.3. The van der Waals surface area contributed by atoms with Crippen LogP contribution in [0.2, 0.25) is 0 Å². The van der Waals surface area contributed by atoms with Crippen LogP contribution in [0.4, 0.5) is 4.79 Å². The van der Waals surface area contributed by atoms with Crippen LogP contribution in [0.15, 0.2) is 55.1 Å². The minimum atomic E-state index is -1.35. The molecule has 2 N–H and O–H groups in total. The Morgan fingerprint density at radius 2 is 1.65 bits per heavy atom. The Labute approximate surface area is 183 Å². The fourth-order valence-electron chi connectivity index (χ4n) is 2.95. The Hall–Kier alpha value is -3.35. The molecule has 0 saturated carbocycles. The summed E-state index contributed by atoms with van der Waals surface area (Å²) in [5.74, 6) is -1.36. The van der Waals surface area contributed by atoms with Gasteiger partial charge in [0.25, 0.3) is 0 Å². The lowest BCUT2D eigenvalue weighted by Crippen LogP contribution is -2.55. The van der Waals surface area contributed by atoms with E-state index < -0.39 is 35.6 Å². The summed E-state index contributed by atoms with van der Waals surface area (Å²) in [7, 11) is 0. The summed E-state index contributed by atoms with van der Waals surface area (Å²) in [4.78, 5) is 35.8. The van der Waals surface area contributed by atoms with Crippen LogP contribution in [0.1, 0.15) is 45.7 Å². The molecular weight excluding hydrogens is 398 g/mol. The van der Waals surface area contributed by atoms with Gasteiger partial charge in [-0.05, 0) is 31.9 Å². The Kier molecular flexibility index (Phi) is 8.79. The van der Waals surface area contributed by atoms with Crippen molar-refractivity contribution in [2.24, 2.45) is 0 Å².